The molecule has 104 valence electrons. The SMILES string of the molecule is C/C(N)=C(/C#N)C(=O)COC(=O)c1nc(Cl)ccc1Cl. The largest absolute Gasteiger partial charge is 0.452 e. The minimum Gasteiger partial charge on any atom is -0.452 e. The Labute approximate surface area is 124 Å². The maximum absolute atomic E-state index is 11.7. The molecule has 0 aliphatic carbocycles. The number of nitrogens with two attached hydrogens (primary N) is 1. The van der Waals surface area contributed by atoms with Crippen LogP contribution in [0, 0.1) is 11.3 Å². The third kappa shape index (κ3) is 3.95. The van der Waals surface area contributed by atoms with Crippen molar-refractivity contribution in [1.82, 2.24) is 4.98 Å². The number of halogens is 2. The minimum atomic E-state index is -0.919. The first-order chi connectivity index (χ1) is 9.36. The van der Waals surface area contributed by atoms with E-state index in [1.54, 1.807) is 6.07 Å². The summed E-state index contributed by atoms with van der Waals surface area (Å²) in [4.78, 5) is 27.0. The fraction of sp³-hybridized carbons (Fsp3) is 0.167. The molecule has 1 aromatic heterocycles. The van der Waals surface area contributed by atoms with Gasteiger partial charge in [0.2, 0.25) is 5.78 Å². The summed E-state index contributed by atoms with van der Waals surface area (Å²) < 4.78 is 4.72. The van der Waals surface area contributed by atoms with Crippen molar-refractivity contribution in [3.05, 3.63) is 39.3 Å². The molecule has 20 heavy (non-hydrogen) atoms. The molecule has 0 atom stereocenters. The van der Waals surface area contributed by atoms with Gasteiger partial charge in [0.15, 0.2) is 12.3 Å². The third-order valence-electron chi connectivity index (χ3n) is 2.12. The molecule has 0 unspecified atom stereocenters. The van der Waals surface area contributed by atoms with E-state index in [9.17, 15) is 9.59 Å². The number of allylic oxidation sites excluding steroid dienone is 1. The number of carbonyl (C=O) groups is 2. The van der Waals surface area contributed by atoms with Crippen molar-refractivity contribution < 1.29 is 14.3 Å². The van der Waals surface area contributed by atoms with Crippen molar-refractivity contribution in [2.24, 2.45) is 5.73 Å². The average Bonchev–Trinajstić information content (AvgIpc) is 2.39. The first-order valence-electron chi connectivity index (χ1n) is 5.25. The van der Waals surface area contributed by atoms with Gasteiger partial charge in [0.25, 0.3) is 0 Å². The van der Waals surface area contributed by atoms with Crippen LogP contribution in [0.1, 0.15) is 17.4 Å². The number of esters is 1. The van der Waals surface area contributed by atoms with Gasteiger partial charge >= 0.3 is 5.97 Å². The van der Waals surface area contributed by atoms with Gasteiger partial charge in [-0.1, -0.05) is 23.2 Å². The second kappa shape index (κ2) is 6.89. The number of hydrogen-bond acceptors (Lipinski definition) is 6. The maximum Gasteiger partial charge on any atom is 0.359 e. The smallest absolute Gasteiger partial charge is 0.359 e. The van der Waals surface area contributed by atoms with Gasteiger partial charge in [0.05, 0.1) is 5.02 Å². The number of ether oxygens (including phenoxy) is 1. The van der Waals surface area contributed by atoms with Crippen LogP contribution in [0.5, 0.6) is 0 Å². The molecule has 0 spiro atoms. The summed E-state index contributed by atoms with van der Waals surface area (Å²) in [5.74, 6) is -1.63. The zero-order valence-electron chi connectivity index (χ0n) is 10.3. The summed E-state index contributed by atoms with van der Waals surface area (Å²) in [5.41, 5.74) is 4.93. The fourth-order valence-corrected chi connectivity index (χ4v) is 1.53. The number of carbonyl (C=O) groups excluding carboxylic acids is 2. The maximum atomic E-state index is 11.7. The van der Waals surface area contributed by atoms with Crippen molar-refractivity contribution in [2.45, 2.75) is 6.92 Å². The van der Waals surface area contributed by atoms with E-state index in [4.69, 9.17) is 38.9 Å². The minimum absolute atomic E-state index is 0.0397. The monoisotopic (exact) mass is 313 g/mol. The standard InChI is InChI=1S/C12H9Cl2N3O3/c1-6(16)7(4-15)9(18)5-20-12(19)11-8(13)2-3-10(14)17-11/h2-3H,5,16H2,1H3/b7-6+. The number of aromatic nitrogens is 1. The van der Waals surface area contributed by atoms with Crippen LogP contribution in [0.4, 0.5) is 0 Å². The molecule has 0 bridgehead atoms. The number of nitrogens with zero attached hydrogens (tertiary/aromatic N) is 2. The zero-order valence-corrected chi connectivity index (χ0v) is 11.8. The summed E-state index contributed by atoms with van der Waals surface area (Å²) >= 11 is 11.4. The van der Waals surface area contributed by atoms with Crippen molar-refractivity contribution in [2.75, 3.05) is 6.61 Å². The summed E-state index contributed by atoms with van der Waals surface area (Å²) in [6, 6.07) is 4.41. The number of ketones is 1. The quantitative estimate of drug-likeness (QED) is 0.393. The Bertz CT molecular complexity index is 631. The molecule has 0 amide bonds. The van der Waals surface area contributed by atoms with Crippen molar-refractivity contribution >= 4 is 35.0 Å². The third-order valence-corrected chi connectivity index (χ3v) is 2.64. The second-order valence-electron chi connectivity index (χ2n) is 3.63. The zero-order chi connectivity index (χ0) is 15.3. The number of rotatable bonds is 4. The normalized spacial score (nSPS) is 11.3. The van der Waals surface area contributed by atoms with E-state index in [0.29, 0.717) is 0 Å². The summed E-state index contributed by atoms with van der Waals surface area (Å²) in [5, 5.41) is 8.83. The Hall–Kier alpha value is -2.10. The lowest BCUT2D eigenvalue weighted by Gasteiger charge is -2.05. The van der Waals surface area contributed by atoms with E-state index in [2.05, 4.69) is 4.98 Å². The van der Waals surface area contributed by atoms with Crippen molar-refractivity contribution in [3.63, 3.8) is 0 Å². The van der Waals surface area contributed by atoms with Crippen LogP contribution in [0.2, 0.25) is 10.2 Å². The molecule has 0 fully saturated rings. The number of nitriles is 1. The lowest BCUT2D eigenvalue weighted by molar-refractivity contribution is -0.118. The highest BCUT2D eigenvalue weighted by Crippen LogP contribution is 2.17. The molecule has 8 heteroatoms. The van der Waals surface area contributed by atoms with E-state index < -0.39 is 18.4 Å². The molecule has 1 heterocycles. The molecule has 0 aliphatic rings. The van der Waals surface area contributed by atoms with Gasteiger partial charge in [0.1, 0.15) is 16.8 Å². The molecule has 1 aromatic rings. The summed E-state index contributed by atoms with van der Waals surface area (Å²) in [7, 11) is 0. The predicted octanol–water partition coefficient (Wildman–Crippen LogP) is 1.87. The average molecular weight is 314 g/mol. The van der Waals surface area contributed by atoms with Crippen LogP contribution in [0.25, 0.3) is 0 Å². The van der Waals surface area contributed by atoms with Crippen molar-refractivity contribution in [1.29, 1.82) is 5.26 Å². The molecular formula is C12H9Cl2N3O3. The van der Waals surface area contributed by atoms with Gasteiger partial charge in [0, 0.05) is 5.70 Å². The predicted molar refractivity (Wildman–Crippen MR) is 72.0 cm³/mol. The first kappa shape index (κ1) is 16.0. The van der Waals surface area contributed by atoms with Crippen LogP contribution >= 0.6 is 23.2 Å². The highest BCUT2D eigenvalue weighted by atomic mass is 35.5. The highest BCUT2D eigenvalue weighted by molar-refractivity contribution is 6.34. The van der Waals surface area contributed by atoms with Gasteiger partial charge in [-0.25, -0.2) is 9.78 Å². The molecule has 0 saturated carbocycles. The van der Waals surface area contributed by atoms with E-state index in [1.165, 1.54) is 19.1 Å². The lowest BCUT2D eigenvalue weighted by Crippen LogP contribution is -2.18. The molecule has 6 nitrogen and oxygen atoms in total. The second-order valence-corrected chi connectivity index (χ2v) is 4.43. The van der Waals surface area contributed by atoms with Crippen LogP contribution in [-0.2, 0) is 9.53 Å². The van der Waals surface area contributed by atoms with Crippen LogP contribution in [-0.4, -0.2) is 23.3 Å². The van der Waals surface area contributed by atoms with Gasteiger partial charge in [-0.15, -0.1) is 0 Å². The molecule has 2 N–H and O–H groups in total. The Morgan fingerprint density at radius 2 is 2.10 bits per heavy atom. The molecule has 0 saturated heterocycles. The Balaban J connectivity index is 2.79. The summed E-state index contributed by atoms with van der Waals surface area (Å²) in [6.45, 7) is 0.758. The van der Waals surface area contributed by atoms with Crippen LogP contribution in [0.15, 0.2) is 23.4 Å². The molecule has 0 aromatic carbocycles. The Kier molecular flexibility index (Phi) is 5.50. The highest BCUT2D eigenvalue weighted by Gasteiger charge is 2.18. The lowest BCUT2D eigenvalue weighted by atomic mass is 10.1. The van der Waals surface area contributed by atoms with Crippen LogP contribution in [0.3, 0.4) is 0 Å². The van der Waals surface area contributed by atoms with Gasteiger partial charge in [-0.05, 0) is 19.1 Å². The van der Waals surface area contributed by atoms with Crippen LogP contribution < -0.4 is 5.73 Å². The topological polar surface area (TPSA) is 106 Å². The van der Waals surface area contributed by atoms with Gasteiger partial charge < -0.3 is 10.5 Å². The summed E-state index contributed by atoms with van der Waals surface area (Å²) in [6.07, 6.45) is 0. The Morgan fingerprint density at radius 3 is 2.65 bits per heavy atom. The molecular weight excluding hydrogens is 305 g/mol. The Morgan fingerprint density at radius 1 is 1.45 bits per heavy atom. The number of Topliss-reactive ketones (excluding diaryl/α,β-unsaturated/α-hetero) is 1. The molecule has 0 aliphatic heterocycles. The van der Waals surface area contributed by atoms with E-state index in [0.717, 1.165) is 0 Å². The molecule has 0 radical (unpaired) electrons. The number of hydrogen-bond donors (Lipinski definition) is 1. The van der Waals surface area contributed by atoms with Crippen molar-refractivity contribution in [3.8, 4) is 6.07 Å². The van der Waals surface area contributed by atoms with Gasteiger partial charge in [-0.2, -0.15) is 5.26 Å². The molecule has 1 rings (SSSR count). The van der Waals surface area contributed by atoms with E-state index in [-0.39, 0.29) is 27.1 Å². The van der Waals surface area contributed by atoms with Gasteiger partial charge in [-0.3, -0.25) is 4.79 Å². The number of pyridine rings is 1. The van der Waals surface area contributed by atoms with E-state index >= 15 is 0 Å². The van der Waals surface area contributed by atoms with E-state index in [1.807, 2.05) is 0 Å². The fourth-order valence-electron chi connectivity index (χ4n) is 1.20. The first-order valence-corrected chi connectivity index (χ1v) is 6.01.